The summed E-state index contributed by atoms with van der Waals surface area (Å²) in [7, 11) is 2.14. The molecule has 0 amide bonds. The van der Waals surface area contributed by atoms with Crippen molar-refractivity contribution >= 4 is 0 Å². The first-order valence-corrected chi connectivity index (χ1v) is 5.96. The Morgan fingerprint density at radius 3 is 2.67 bits per heavy atom. The SMILES string of the molecule is Cc1nc(C2CCCC2)n(C)c1CCN. The number of rotatable bonds is 3. The number of aryl methyl sites for hydroxylation is 1. The topological polar surface area (TPSA) is 43.8 Å². The second-order valence-electron chi connectivity index (χ2n) is 4.58. The summed E-state index contributed by atoms with van der Waals surface area (Å²) in [6.45, 7) is 2.81. The highest BCUT2D eigenvalue weighted by Crippen LogP contribution is 2.33. The molecule has 1 saturated carbocycles. The van der Waals surface area contributed by atoms with Gasteiger partial charge in [0.1, 0.15) is 5.82 Å². The van der Waals surface area contributed by atoms with Crippen LogP contribution in [0.5, 0.6) is 0 Å². The van der Waals surface area contributed by atoms with Gasteiger partial charge in [0.25, 0.3) is 0 Å². The van der Waals surface area contributed by atoms with Crippen molar-refractivity contribution in [2.24, 2.45) is 12.8 Å². The predicted octanol–water partition coefficient (Wildman–Crippen LogP) is 1.89. The molecule has 0 radical (unpaired) electrons. The maximum absolute atomic E-state index is 5.62. The fourth-order valence-electron chi connectivity index (χ4n) is 2.73. The van der Waals surface area contributed by atoms with Crippen molar-refractivity contribution in [2.75, 3.05) is 6.54 Å². The molecule has 1 heterocycles. The maximum atomic E-state index is 5.62. The number of hydrogen-bond donors (Lipinski definition) is 1. The lowest BCUT2D eigenvalue weighted by atomic mass is 10.1. The highest BCUT2D eigenvalue weighted by atomic mass is 15.1. The molecule has 0 saturated heterocycles. The zero-order valence-electron chi connectivity index (χ0n) is 9.79. The van der Waals surface area contributed by atoms with E-state index < -0.39 is 0 Å². The fourth-order valence-corrected chi connectivity index (χ4v) is 2.73. The van der Waals surface area contributed by atoms with Gasteiger partial charge in [-0.05, 0) is 26.3 Å². The Morgan fingerprint density at radius 2 is 2.07 bits per heavy atom. The van der Waals surface area contributed by atoms with E-state index in [9.17, 15) is 0 Å². The Kier molecular flexibility index (Phi) is 3.10. The first-order chi connectivity index (χ1) is 7.24. The lowest BCUT2D eigenvalue weighted by molar-refractivity contribution is 0.621. The predicted molar refractivity (Wildman–Crippen MR) is 61.9 cm³/mol. The Labute approximate surface area is 91.7 Å². The van der Waals surface area contributed by atoms with Crippen molar-refractivity contribution in [2.45, 2.75) is 44.9 Å². The molecule has 3 nitrogen and oxygen atoms in total. The van der Waals surface area contributed by atoms with Gasteiger partial charge < -0.3 is 10.3 Å². The summed E-state index contributed by atoms with van der Waals surface area (Å²) in [6, 6.07) is 0. The van der Waals surface area contributed by atoms with Gasteiger partial charge in [-0.15, -0.1) is 0 Å². The number of aromatic nitrogens is 2. The Morgan fingerprint density at radius 1 is 1.40 bits per heavy atom. The van der Waals surface area contributed by atoms with Gasteiger partial charge in [0.2, 0.25) is 0 Å². The van der Waals surface area contributed by atoms with E-state index in [2.05, 4.69) is 18.5 Å². The molecule has 1 aromatic rings. The first kappa shape index (κ1) is 10.7. The molecule has 15 heavy (non-hydrogen) atoms. The fraction of sp³-hybridized carbons (Fsp3) is 0.750. The molecular formula is C12H21N3. The summed E-state index contributed by atoms with van der Waals surface area (Å²) in [4.78, 5) is 4.72. The monoisotopic (exact) mass is 207 g/mol. The van der Waals surface area contributed by atoms with Crippen LogP contribution in [-0.4, -0.2) is 16.1 Å². The molecule has 1 fully saturated rings. The van der Waals surface area contributed by atoms with Crippen molar-refractivity contribution in [1.82, 2.24) is 9.55 Å². The third-order valence-corrected chi connectivity index (χ3v) is 3.55. The van der Waals surface area contributed by atoms with E-state index in [1.54, 1.807) is 0 Å². The van der Waals surface area contributed by atoms with E-state index >= 15 is 0 Å². The van der Waals surface area contributed by atoms with Crippen molar-refractivity contribution < 1.29 is 0 Å². The smallest absolute Gasteiger partial charge is 0.112 e. The quantitative estimate of drug-likeness (QED) is 0.822. The first-order valence-electron chi connectivity index (χ1n) is 5.96. The van der Waals surface area contributed by atoms with Gasteiger partial charge >= 0.3 is 0 Å². The lowest BCUT2D eigenvalue weighted by Crippen LogP contribution is -2.10. The molecule has 2 rings (SSSR count). The van der Waals surface area contributed by atoms with E-state index in [0.717, 1.165) is 6.42 Å². The number of nitrogens with two attached hydrogens (primary N) is 1. The average Bonchev–Trinajstić information content (AvgIpc) is 2.81. The molecule has 2 N–H and O–H groups in total. The van der Waals surface area contributed by atoms with Gasteiger partial charge in [-0.25, -0.2) is 4.98 Å². The van der Waals surface area contributed by atoms with Crippen LogP contribution in [0.25, 0.3) is 0 Å². The lowest BCUT2D eigenvalue weighted by Gasteiger charge is -2.10. The zero-order chi connectivity index (χ0) is 10.8. The Bertz CT molecular complexity index is 335. The molecule has 0 aromatic carbocycles. The molecule has 0 aliphatic heterocycles. The molecule has 1 aliphatic rings. The van der Waals surface area contributed by atoms with Crippen LogP contribution in [0.15, 0.2) is 0 Å². The second-order valence-corrected chi connectivity index (χ2v) is 4.58. The maximum Gasteiger partial charge on any atom is 0.112 e. The Balaban J connectivity index is 2.27. The van der Waals surface area contributed by atoms with Crippen molar-refractivity contribution in [3.8, 4) is 0 Å². The summed E-state index contributed by atoms with van der Waals surface area (Å²) in [5.74, 6) is 1.98. The third kappa shape index (κ3) is 1.93. The van der Waals surface area contributed by atoms with Crippen LogP contribution in [0.4, 0.5) is 0 Å². The van der Waals surface area contributed by atoms with Gasteiger partial charge in [0.15, 0.2) is 0 Å². The summed E-state index contributed by atoms with van der Waals surface area (Å²) < 4.78 is 2.28. The normalized spacial score (nSPS) is 17.5. The van der Waals surface area contributed by atoms with Crippen LogP contribution in [0.1, 0.15) is 48.8 Å². The van der Waals surface area contributed by atoms with E-state index in [-0.39, 0.29) is 0 Å². The summed E-state index contributed by atoms with van der Waals surface area (Å²) >= 11 is 0. The number of imidazole rings is 1. The molecule has 1 aromatic heterocycles. The highest BCUT2D eigenvalue weighted by molar-refractivity contribution is 5.18. The zero-order valence-corrected chi connectivity index (χ0v) is 9.79. The van der Waals surface area contributed by atoms with E-state index in [1.807, 2.05) is 0 Å². The minimum atomic E-state index is 0.695. The summed E-state index contributed by atoms with van der Waals surface area (Å²) in [5.41, 5.74) is 8.11. The van der Waals surface area contributed by atoms with Crippen LogP contribution < -0.4 is 5.73 Å². The molecule has 1 aliphatic carbocycles. The van der Waals surface area contributed by atoms with Gasteiger partial charge in [0.05, 0.1) is 5.69 Å². The Hall–Kier alpha value is -0.830. The summed E-state index contributed by atoms with van der Waals surface area (Å²) in [6.07, 6.45) is 6.30. The molecule has 0 unspecified atom stereocenters. The third-order valence-electron chi connectivity index (χ3n) is 3.55. The molecule has 0 spiro atoms. The summed E-state index contributed by atoms with van der Waals surface area (Å²) in [5, 5.41) is 0. The minimum Gasteiger partial charge on any atom is -0.335 e. The number of hydrogen-bond acceptors (Lipinski definition) is 2. The minimum absolute atomic E-state index is 0.695. The number of nitrogens with zero attached hydrogens (tertiary/aromatic N) is 2. The van der Waals surface area contributed by atoms with Crippen molar-refractivity contribution in [3.05, 3.63) is 17.2 Å². The van der Waals surface area contributed by atoms with Crippen LogP contribution in [0.2, 0.25) is 0 Å². The largest absolute Gasteiger partial charge is 0.335 e. The van der Waals surface area contributed by atoms with Gasteiger partial charge in [-0.1, -0.05) is 12.8 Å². The molecule has 3 heteroatoms. The van der Waals surface area contributed by atoms with E-state index in [4.69, 9.17) is 10.7 Å². The molecule has 84 valence electrons. The van der Waals surface area contributed by atoms with Crippen molar-refractivity contribution in [1.29, 1.82) is 0 Å². The van der Waals surface area contributed by atoms with Gasteiger partial charge in [0, 0.05) is 25.1 Å². The van der Waals surface area contributed by atoms with Gasteiger partial charge in [-0.2, -0.15) is 0 Å². The van der Waals surface area contributed by atoms with E-state index in [1.165, 1.54) is 42.9 Å². The molecular weight excluding hydrogens is 186 g/mol. The van der Waals surface area contributed by atoms with Crippen LogP contribution in [0.3, 0.4) is 0 Å². The van der Waals surface area contributed by atoms with Crippen molar-refractivity contribution in [3.63, 3.8) is 0 Å². The average molecular weight is 207 g/mol. The van der Waals surface area contributed by atoms with Crippen LogP contribution in [0, 0.1) is 6.92 Å². The second kappa shape index (κ2) is 4.35. The molecule has 0 atom stereocenters. The highest BCUT2D eigenvalue weighted by Gasteiger charge is 2.23. The van der Waals surface area contributed by atoms with Gasteiger partial charge in [-0.3, -0.25) is 0 Å². The standard InChI is InChI=1S/C12H21N3/c1-9-11(7-8-13)15(2)12(14-9)10-5-3-4-6-10/h10H,3-8,13H2,1-2H3. The van der Waals surface area contributed by atoms with Crippen LogP contribution in [-0.2, 0) is 13.5 Å². The van der Waals surface area contributed by atoms with Crippen LogP contribution >= 0.6 is 0 Å². The van der Waals surface area contributed by atoms with E-state index in [0.29, 0.717) is 12.5 Å². The molecule has 0 bridgehead atoms.